The van der Waals surface area contributed by atoms with E-state index in [1.165, 1.54) is 21.7 Å². The van der Waals surface area contributed by atoms with Gasteiger partial charge in [-0.1, -0.05) is 29.8 Å². The van der Waals surface area contributed by atoms with Crippen LogP contribution in [0.5, 0.6) is 0 Å². The van der Waals surface area contributed by atoms with Crippen LogP contribution in [0.25, 0.3) is 0 Å². The molecule has 0 saturated carbocycles. The van der Waals surface area contributed by atoms with Crippen LogP contribution in [0.1, 0.15) is 36.8 Å². The Morgan fingerprint density at radius 3 is 2.65 bits per heavy atom. The van der Waals surface area contributed by atoms with Crippen molar-refractivity contribution in [2.75, 3.05) is 19.3 Å². The largest absolute Gasteiger partial charge is 0.352 e. The van der Waals surface area contributed by atoms with Crippen molar-refractivity contribution in [1.29, 1.82) is 0 Å². The van der Waals surface area contributed by atoms with Gasteiger partial charge in [0.25, 0.3) is 0 Å². The Kier molecular flexibility index (Phi) is 6.18. The summed E-state index contributed by atoms with van der Waals surface area (Å²) >= 11 is 0. The van der Waals surface area contributed by atoms with Gasteiger partial charge >= 0.3 is 0 Å². The molecule has 0 spiro atoms. The lowest BCUT2D eigenvalue weighted by atomic mass is 10.1. The summed E-state index contributed by atoms with van der Waals surface area (Å²) in [5.74, 6) is 0.0115. The number of nitrogens with zero attached hydrogens (tertiary/aromatic N) is 1. The average Bonchev–Trinajstić information content (AvgIpc) is 2.49. The SMILES string of the molecule is Cc1ccc(CCCC(=O)NC2CCCN(S(C)(=O)=O)C2)cc1. The van der Waals surface area contributed by atoms with Crippen molar-refractivity contribution in [2.45, 2.75) is 45.1 Å². The zero-order valence-electron chi connectivity index (χ0n) is 13.9. The number of carbonyl (C=O) groups is 1. The number of hydrogen-bond acceptors (Lipinski definition) is 3. The molecular formula is C17H26N2O3S. The van der Waals surface area contributed by atoms with Crippen LogP contribution in [0.2, 0.25) is 0 Å². The number of sulfonamides is 1. The van der Waals surface area contributed by atoms with E-state index in [4.69, 9.17) is 0 Å². The van der Waals surface area contributed by atoms with Crippen molar-refractivity contribution in [3.05, 3.63) is 35.4 Å². The predicted molar refractivity (Wildman–Crippen MR) is 91.7 cm³/mol. The summed E-state index contributed by atoms with van der Waals surface area (Å²) in [5.41, 5.74) is 2.48. The second kappa shape index (κ2) is 7.93. The highest BCUT2D eigenvalue weighted by molar-refractivity contribution is 7.88. The molecule has 1 saturated heterocycles. The molecule has 1 aliphatic heterocycles. The third-order valence-corrected chi connectivity index (χ3v) is 5.48. The van der Waals surface area contributed by atoms with E-state index < -0.39 is 10.0 Å². The van der Waals surface area contributed by atoms with Crippen LogP contribution in [0.15, 0.2) is 24.3 Å². The monoisotopic (exact) mass is 338 g/mol. The third-order valence-electron chi connectivity index (χ3n) is 4.21. The molecule has 1 aromatic carbocycles. The van der Waals surface area contributed by atoms with Crippen molar-refractivity contribution >= 4 is 15.9 Å². The van der Waals surface area contributed by atoms with Gasteiger partial charge in [-0.2, -0.15) is 0 Å². The topological polar surface area (TPSA) is 66.5 Å². The zero-order valence-corrected chi connectivity index (χ0v) is 14.7. The molecule has 1 amide bonds. The molecule has 128 valence electrons. The van der Waals surface area contributed by atoms with Crippen LogP contribution in [-0.2, 0) is 21.2 Å². The summed E-state index contributed by atoms with van der Waals surface area (Å²) in [5, 5.41) is 2.97. The van der Waals surface area contributed by atoms with Crippen LogP contribution in [0, 0.1) is 6.92 Å². The highest BCUT2D eigenvalue weighted by atomic mass is 32.2. The number of benzene rings is 1. The van der Waals surface area contributed by atoms with Crippen molar-refractivity contribution in [2.24, 2.45) is 0 Å². The number of nitrogens with one attached hydrogen (secondary N) is 1. The molecule has 1 heterocycles. The van der Waals surface area contributed by atoms with Gasteiger partial charge in [-0.3, -0.25) is 4.79 Å². The summed E-state index contributed by atoms with van der Waals surface area (Å²) in [6, 6.07) is 8.29. The van der Waals surface area contributed by atoms with E-state index in [9.17, 15) is 13.2 Å². The number of amides is 1. The molecule has 1 atom stereocenters. The number of piperidine rings is 1. The van der Waals surface area contributed by atoms with Gasteiger partial charge in [0.1, 0.15) is 0 Å². The number of rotatable bonds is 6. The predicted octanol–water partition coefficient (Wildman–Crippen LogP) is 1.86. The second-order valence-corrected chi connectivity index (χ2v) is 8.35. The van der Waals surface area contributed by atoms with Gasteiger partial charge in [0.05, 0.1) is 6.26 Å². The number of aryl methyl sites for hydroxylation is 2. The summed E-state index contributed by atoms with van der Waals surface area (Å²) in [7, 11) is -3.17. The normalized spacial score (nSPS) is 19.5. The Bertz CT molecular complexity index is 626. The maximum atomic E-state index is 12.0. The maximum Gasteiger partial charge on any atom is 0.220 e. The lowest BCUT2D eigenvalue weighted by Crippen LogP contribution is -2.49. The third kappa shape index (κ3) is 5.95. The van der Waals surface area contributed by atoms with Gasteiger partial charge in [-0.25, -0.2) is 12.7 Å². The lowest BCUT2D eigenvalue weighted by Gasteiger charge is -2.31. The van der Waals surface area contributed by atoms with Crippen molar-refractivity contribution in [1.82, 2.24) is 9.62 Å². The summed E-state index contributed by atoms with van der Waals surface area (Å²) in [6.07, 6.45) is 5.02. The van der Waals surface area contributed by atoms with E-state index in [0.29, 0.717) is 19.5 Å². The summed E-state index contributed by atoms with van der Waals surface area (Å²) < 4.78 is 24.6. The van der Waals surface area contributed by atoms with E-state index in [-0.39, 0.29) is 11.9 Å². The zero-order chi connectivity index (χ0) is 16.9. The highest BCUT2D eigenvalue weighted by Gasteiger charge is 2.26. The summed E-state index contributed by atoms with van der Waals surface area (Å²) in [6.45, 7) is 3.00. The number of carbonyl (C=O) groups excluding carboxylic acids is 1. The van der Waals surface area contributed by atoms with Crippen molar-refractivity contribution in [3.63, 3.8) is 0 Å². The molecule has 0 aromatic heterocycles. The first-order valence-corrected chi connectivity index (χ1v) is 9.99. The highest BCUT2D eigenvalue weighted by Crippen LogP contribution is 2.13. The first-order chi connectivity index (χ1) is 10.8. The quantitative estimate of drug-likeness (QED) is 0.861. The molecule has 5 nitrogen and oxygen atoms in total. The molecule has 23 heavy (non-hydrogen) atoms. The first kappa shape index (κ1) is 17.9. The van der Waals surface area contributed by atoms with Crippen LogP contribution in [0.3, 0.4) is 0 Å². The van der Waals surface area contributed by atoms with E-state index in [1.54, 1.807) is 0 Å². The molecule has 0 bridgehead atoms. The Morgan fingerprint density at radius 1 is 1.30 bits per heavy atom. The molecule has 1 aliphatic rings. The van der Waals surface area contributed by atoms with Crippen LogP contribution in [-0.4, -0.2) is 44.0 Å². The maximum absolute atomic E-state index is 12.0. The molecule has 1 aromatic rings. The Hall–Kier alpha value is -1.40. The lowest BCUT2D eigenvalue weighted by molar-refractivity contribution is -0.122. The fourth-order valence-corrected chi connectivity index (χ4v) is 3.78. The minimum atomic E-state index is -3.17. The van der Waals surface area contributed by atoms with Gasteiger partial charge in [0.2, 0.25) is 15.9 Å². The van der Waals surface area contributed by atoms with Crippen LogP contribution in [0.4, 0.5) is 0 Å². The molecular weight excluding hydrogens is 312 g/mol. The van der Waals surface area contributed by atoms with Crippen LogP contribution < -0.4 is 5.32 Å². The average molecular weight is 338 g/mol. The molecule has 0 radical (unpaired) electrons. The van der Waals surface area contributed by atoms with Crippen molar-refractivity contribution in [3.8, 4) is 0 Å². The Labute approximate surface area is 139 Å². The number of hydrogen-bond donors (Lipinski definition) is 1. The summed E-state index contributed by atoms with van der Waals surface area (Å²) in [4.78, 5) is 12.0. The van der Waals surface area contributed by atoms with Gasteiger partial charge < -0.3 is 5.32 Å². The minimum Gasteiger partial charge on any atom is -0.352 e. The molecule has 6 heteroatoms. The molecule has 1 N–H and O–H groups in total. The molecule has 1 fully saturated rings. The van der Waals surface area contributed by atoms with Gasteiger partial charge in [-0.05, 0) is 38.2 Å². The Balaban J connectivity index is 1.73. The van der Waals surface area contributed by atoms with E-state index in [0.717, 1.165) is 25.7 Å². The van der Waals surface area contributed by atoms with Gasteiger partial charge in [0.15, 0.2) is 0 Å². The smallest absolute Gasteiger partial charge is 0.220 e. The van der Waals surface area contributed by atoms with E-state index >= 15 is 0 Å². The fraction of sp³-hybridized carbons (Fsp3) is 0.588. The van der Waals surface area contributed by atoms with E-state index in [2.05, 4.69) is 36.5 Å². The van der Waals surface area contributed by atoms with Crippen LogP contribution >= 0.6 is 0 Å². The fourth-order valence-electron chi connectivity index (χ4n) is 2.87. The minimum absolute atomic E-state index is 0.0115. The Morgan fingerprint density at radius 2 is 2.00 bits per heavy atom. The second-order valence-electron chi connectivity index (χ2n) is 6.37. The molecule has 0 aliphatic carbocycles. The standard InChI is InChI=1S/C17H26N2O3S/c1-14-8-10-15(11-9-14)5-3-7-17(20)18-16-6-4-12-19(13-16)23(2,21)22/h8-11,16H,3-7,12-13H2,1-2H3,(H,18,20). The molecule has 2 rings (SSSR count). The first-order valence-electron chi connectivity index (χ1n) is 8.14. The van der Waals surface area contributed by atoms with Gasteiger partial charge in [0, 0.05) is 25.6 Å². The van der Waals surface area contributed by atoms with E-state index in [1.807, 2.05) is 0 Å². The molecule has 1 unspecified atom stereocenters. The van der Waals surface area contributed by atoms with Gasteiger partial charge in [-0.15, -0.1) is 0 Å². The van der Waals surface area contributed by atoms with Crippen molar-refractivity contribution < 1.29 is 13.2 Å².